The molecule has 6 heteroatoms. The van der Waals surface area contributed by atoms with Gasteiger partial charge in [0.2, 0.25) is 5.89 Å². The Kier molecular flexibility index (Phi) is 5.08. The summed E-state index contributed by atoms with van der Waals surface area (Å²) in [6.07, 6.45) is 4.31. The molecule has 1 saturated carbocycles. The highest BCUT2D eigenvalue weighted by molar-refractivity contribution is 7.98. The summed E-state index contributed by atoms with van der Waals surface area (Å²) in [5.74, 6) is 3.34. The van der Waals surface area contributed by atoms with Gasteiger partial charge in [0.1, 0.15) is 0 Å². The molecule has 0 bridgehead atoms. The van der Waals surface area contributed by atoms with Crippen LogP contribution in [0, 0.1) is 0 Å². The molecule has 0 spiro atoms. The molecule has 0 amide bonds. The van der Waals surface area contributed by atoms with Crippen LogP contribution in [0.2, 0.25) is 0 Å². The Labute approximate surface area is 106 Å². The lowest BCUT2D eigenvalue weighted by Crippen LogP contribution is -2.44. The van der Waals surface area contributed by atoms with E-state index in [0.717, 1.165) is 24.3 Å². The Morgan fingerprint density at radius 1 is 1.50 bits per heavy atom. The van der Waals surface area contributed by atoms with Crippen molar-refractivity contribution in [3.05, 3.63) is 11.7 Å². The third kappa shape index (κ3) is 2.90. The zero-order valence-electron chi connectivity index (χ0n) is 9.44. The molecule has 1 fully saturated rings. The molecule has 0 radical (unpaired) electrons. The van der Waals surface area contributed by atoms with E-state index in [-0.39, 0.29) is 17.9 Å². The highest BCUT2D eigenvalue weighted by Crippen LogP contribution is 2.36. The Morgan fingerprint density at radius 3 is 2.81 bits per heavy atom. The summed E-state index contributed by atoms with van der Waals surface area (Å²) < 4.78 is 5.17. The van der Waals surface area contributed by atoms with Gasteiger partial charge in [-0.2, -0.15) is 16.7 Å². The number of thioether (sulfide) groups is 1. The van der Waals surface area contributed by atoms with Crippen LogP contribution in [0.4, 0.5) is 0 Å². The van der Waals surface area contributed by atoms with Gasteiger partial charge < -0.3 is 10.3 Å². The molecule has 1 aromatic rings. The molecular weight excluding hydrogens is 246 g/mol. The Morgan fingerprint density at radius 2 is 2.25 bits per heavy atom. The molecule has 92 valence electrons. The van der Waals surface area contributed by atoms with Gasteiger partial charge in [-0.1, -0.05) is 12.1 Å². The summed E-state index contributed by atoms with van der Waals surface area (Å²) in [4.78, 5) is 4.35. The average molecular weight is 264 g/mol. The van der Waals surface area contributed by atoms with Crippen molar-refractivity contribution in [2.24, 2.45) is 5.73 Å². The van der Waals surface area contributed by atoms with Crippen molar-refractivity contribution in [3.63, 3.8) is 0 Å². The van der Waals surface area contributed by atoms with Crippen LogP contribution in [-0.4, -0.2) is 15.9 Å². The van der Waals surface area contributed by atoms with Gasteiger partial charge in [-0.15, -0.1) is 12.4 Å². The molecule has 0 saturated heterocycles. The topological polar surface area (TPSA) is 64.9 Å². The van der Waals surface area contributed by atoms with Crippen LogP contribution in [0.3, 0.4) is 0 Å². The largest absolute Gasteiger partial charge is 0.338 e. The van der Waals surface area contributed by atoms with E-state index in [1.165, 1.54) is 12.8 Å². The first kappa shape index (κ1) is 13.8. The van der Waals surface area contributed by atoms with E-state index in [2.05, 4.69) is 17.1 Å². The second-order valence-corrected chi connectivity index (χ2v) is 5.18. The van der Waals surface area contributed by atoms with Crippen molar-refractivity contribution < 1.29 is 4.52 Å². The summed E-state index contributed by atoms with van der Waals surface area (Å²) >= 11 is 1.82. The zero-order valence-corrected chi connectivity index (χ0v) is 11.1. The van der Waals surface area contributed by atoms with Gasteiger partial charge in [0.05, 0.1) is 11.3 Å². The van der Waals surface area contributed by atoms with Crippen LogP contribution in [0.15, 0.2) is 4.52 Å². The number of rotatable bonds is 5. The maximum absolute atomic E-state index is 6.10. The molecule has 0 aliphatic heterocycles. The first-order valence-corrected chi connectivity index (χ1v) is 6.60. The fourth-order valence-electron chi connectivity index (χ4n) is 1.60. The lowest BCUT2D eigenvalue weighted by Gasteiger charge is -2.34. The predicted octanol–water partition coefficient (Wildman–Crippen LogP) is 2.47. The standard InChI is InChI=1S/C10H17N3OS.ClH/c1-2-6-15-7-8-12-9(13-14-8)10(11)4-3-5-10;/h2-7,11H2,1H3;1H. The summed E-state index contributed by atoms with van der Waals surface area (Å²) in [6.45, 7) is 2.16. The highest BCUT2D eigenvalue weighted by Gasteiger charge is 2.38. The molecule has 1 aliphatic carbocycles. The van der Waals surface area contributed by atoms with Crippen LogP contribution < -0.4 is 5.73 Å². The van der Waals surface area contributed by atoms with E-state index in [1.54, 1.807) is 0 Å². The summed E-state index contributed by atoms with van der Waals surface area (Å²) in [6, 6.07) is 0. The van der Waals surface area contributed by atoms with E-state index < -0.39 is 0 Å². The smallest absolute Gasteiger partial charge is 0.236 e. The van der Waals surface area contributed by atoms with Gasteiger partial charge in [0.15, 0.2) is 5.82 Å². The van der Waals surface area contributed by atoms with Crippen molar-refractivity contribution in [1.82, 2.24) is 10.1 Å². The fourth-order valence-corrected chi connectivity index (χ4v) is 2.33. The molecule has 1 aromatic heterocycles. The molecule has 1 heterocycles. The van der Waals surface area contributed by atoms with E-state index in [9.17, 15) is 0 Å². The lowest BCUT2D eigenvalue weighted by molar-refractivity contribution is 0.229. The zero-order chi connectivity index (χ0) is 10.7. The first-order valence-electron chi connectivity index (χ1n) is 5.44. The third-order valence-electron chi connectivity index (χ3n) is 2.73. The van der Waals surface area contributed by atoms with E-state index >= 15 is 0 Å². The van der Waals surface area contributed by atoms with E-state index in [4.69, 9.17) is 10.3 Å². The maximum atomic E-state index is 6.10. The van der Waals surface area contributed by atoms with Gasteiger partial charge in [0, 0.05) is 0 Å². The van der Waals surface area contributed by atoms with Crippen molar-refractivity contribution in [2.45, 2.75) is 43.9 Å². The van der Waals surface area contributed by atoms with Crippen LogP contribution >= 0.6 is 24.2 Å². The van der Waals surface area contributed by atoms with Crippen molar-refractivity contribution >= 4 is 24.2 Å². The van der Waals surface area contributed by atoms with Gasteiger partial charge in [-0.25, -0.2) is 0 Å². The Hall–Kier alpha value is -0.260. The SMILES string of the molecule is CCCSCc1nc(C2(N)CCC2)no1.Cl. The van der Waals surface area contributed by atoms with Crippen LogP contribution in [0.25, 0.3) is 0 Å². The van der Waals surface area contributed by atoms with Crippen molar-refractivity contribution in [3.8, 4) is 0 Å². The number of hydrogen-bond donors (Lipinski definition) is 1. The van der Waals surface area contributed by atoms with E-state index in [0.29, 0.717) is 11.7 Å². The summed E-state index contributed by atoms with van der Waals surface area (Å²) in [7, 11) is 0. The second kappa shape index (κ2) is 5.89. The van der Waals surface area contributed by atoms with Gasteiger partial charge in [-0.3, -0.25) is 0 Å². The molecule has 0 unspecified atom stereocenters. The second-order valence-electron chi connectivity index (χ2n) is 4.07. The first-order chi connectivity index (χ1) is 7.24. The average Bonchev–Trinajstić information content (AvgIpc) is 2.64. The summed E-state index contributed by atoms with van der Waals surface area (Å²) in [5.41, 5.74) is 5.81. The van der Waals surface area contributed by atoms with Gasteiger partial charge in [-0.05, 0) is 31.4 Å². The molecule has 2 rings (SSSR count). The van der Waals surface area contributed by atoms with Gasteiger partial charge >= 0.3 is 0 Å². The highest BCUT2D eigenvalue weighted by atomic mass is 35.5. The minimum atomic E-state index is -0.294. The normalized spacial score (nSPS) is 17.6. The fraction of sp³-hybridized carbons (Fsp3) is 0.800. The molecule has 1 aliphatic rings. The predicted molar refractivity (Wildman–Crippen MR) is 67.7 cm³/mol. The number of aromatic nitrogens is 2. The van der Waals surface area contributed by atoms with Crippen LogP contribution in [0.5, 0.6) is 0 Å². The van der Waals surface area contributed by atoms with Gasteiger partial charge in [0.25, 0.3) is 0 Å². The Bertz CT molecular complexity index is 328. The molecule has 2 N–H and O–H groups in total. The monoisotopic (exact) mass is 263 g/mol. The van der Waals surface area contributed by atoms with E-state index in [1.807, 2.05) is 11.8 Å². The van der Waals surface area contributed by atoms with Crippen molar-refractivity contribution in [2.75, 3.05) is 5.75 Å². The lowest BCUT2D eigenvalue weighted by atomic mass is 9.77. The minimum Gasteiger partial charge on any atom is -0.338 e. The number of nitrogens with zero attached hydrogens (tertiary/aromatic N) is 2. The quantitative estimate of drug-likeness (QED) is 0.827. The number of hydrogen-bond acceptors (Lipinski definition) is 5. The summed E-state index contributed by atoms with van der Waals surface area (Å²) in [5, 5.41) is 3.96. The molecule has 4 nitrogen and oxygen atoms in total. The van der Waals surface area contributed by atoms with Crippen LogP contribution in [0.1, 0.15) is 44.3 Å². The van der Waals surface area contributed by atoms with Crippen molar-refractivity contribution in [1.29, 1.82) is 0 Å². The third-order valence-corrected chi connectivity index (χ3v) is 3.88. The minimum absolute atomic E-state index is 0. The molecule has 16 heavy (non-hydrogen) atoms. The Balaban J connectivity index is 0.00000128. The number of nitrogens with two attached hydrogens (primary N) is 1. The molecule has 0 aromatic carbocycles. The van der Waals surface area contributed by atoms with Crippen LogP contribution in [-0.2, 0) is 11.3 Å². The maximum Gasteiger partial charge on any atom is 0.236 e. The number of halogens is 1. The molecular formula is C10H18ClN3OS. The molecule has 0 atom stereocenters.